The van der Waals surface area contributed by atoms with Crippen LogP contribution in [-0.4, -0.2) is 15.7 Å². The highest BCUT2D eigenvalue weighted by atomic mass is 19.2. The zero-order valence-electron chi connectivity index (χ0n) is 13.0. The number of fused-ring (bicyclic) bond motifs is 1. The van der Waals surface area contributed by atoms with Gasteiger partial charge in [-0.05, 0) is 29.8 Å². The predicted octanol–water partition coefficient (Wildman–Crippen LogP) is 1.66. The molecule has 25 heavy (non-hydrogen) atoms. The number of nitrogens with one attached hydrogen (secondary N) is 1. The minimum atomic E-state index is -0.956. The van der Waals surface area contributed by atoms with Gasteiger partial charge in [0.05, 0.1) is 10.9 Å². The van der Waals surface area contributed by atoms with E-state index in [1.165, 1.54) is 30.3 Å². The Morgan fingerprint density at radius 1 is 1.24 bits per heavy atom. The maximum atomic E-state index is 14.1. The SMILES string of the molecule is NCc1cc(CNC(=O)c2nc3ccccc3c(=O)n2F)ccc1F. The van der Waals surface area contributed by atoms with Gasteiger partial charge in [0.25, 0.3) is 11.5 Å². The zero-order chi connectivity index (χ0) is 18.0. The summed E-state index contributed by atoms with van der Waals surface area (Å²) in [5.41, 5.74) is 5.59. The maximum absolute atomic E-state index is 14.1. The van der Waals surface area contributed by atoms with Gasteiger partial charge >= 0.3 is 0 Å². The number of carbonyl (C=O) groups excluding carboxylic acids is 1. The first kappa shape index (κ1) is 16.7. The average Bonchev–Trinajstić information content (AvgIpc) is 2.63. The van der Waals surface area contributed by atoms with Crippen molar-refractivity contribution >= 4 is 16.8 Å². The summed E-state index contributed by atoms with van der Waals surface area (Å²) < 4.78 is 27.5. The maximum Gasteiger partial charge on any atom is 0.290 e. The van der Waals surface area contributed by atoms with Gasteiger partial charge in [0, 0.05) is 18.7 Å². The van der Waals surface area contributed by atoms with Gasteiger partial charge in [0.15, 0.2) is 0 Å². The minimum absolute atomic E-state index is 0.00874. The summed E-state index contributed by atoms with van der Waals surface area (Å²) in [6.45, 7) is 0.0265. The topological polar surface area (TPSA) is 90.0 Å². The van der Waals surface area contributed by atoms with Crippen LogP contribution in [0.15, 0.2) is 47.3 Å². The number of halogens is 2. The molecule has 3 aromatic rings. The van der Waals surface area contributed by atoms with E-state index in [1.807, 2.05) is 0 Å². The number of aromatic nitrogens is 2. The first-order chi connectivity index (χ1) is 12.0. The summed E-state index contributed by atoms with van der Waals surface area (Å²) in [5.74, 6) is -1.94. The highest BCUT2D eigenvalue weighted by Crippen LogP contribution is 2.11. The number of hydrogen-bond acceptors (Lipinski definition) is 4. The second kappa shape index (κ2) is 6.78. The minimum Gasteiger partial charge on any atom is -0.345 e. The van der Waals surface area contributed by atoms with E-state index in [1.54, 1.807) is 12.1 Å². The standard InChI is InChI=1S/C17H14F2N4O2/c18-13-6-5-10(7-11(13)8-20)9-21-16(24)15-22-14-4-2-1-3-12(14)17(25)23(15)19/h1-7H,8-9,20H2,(H,21,24). The van der Waals surface area contributed by atoms with Crippen molar-refractivity contribution in [1.29, 1.82) is 0 Å². The van der Waals surface area contributed by atoms with Gasteiger partial charge in [-0.15, -0.1) is 4.79 Å². The smallest absolute Gasteiger partial charge is 0.290 e. The molecule has 3 N–H and O–H groups in total. The van der Waals surface area contributed by atoms with Crippen LogP contribution >= 0.6 is 0 Å². The predicted molar refractivity (Wildman–Crippen MR) is 88.0 cm³/mol. The van der Waals surface area contributed by atoms with Crippen molar-refractivity contribution < 1.29 is 13.7 Å². The van der Waals surface area contributed by atoms with Gasteiger partial charge in [0.1, 0.15) is 5.82 Å². The van der Waals surface area contributed by atoms with E-state index in [2.05, 4.69) is 10.3 Å². The van der Waals surface area contributed by atoms with Crippen LogP contribution in [-0.2, 0) is 13.1 Å². The Morgan fingerprint density at radius 2 is 2.00 bits per heavy atom. The lowest BCUT2D eigenvalue weighted by Crippen LogP contribution is -2.31. The fourth-order valence-corrected chi connectivity index (χ4v) is 2.41. The van der Waals surface area contributed by atoms with E-state index in [-0.39, 0.29) is 28.8 Å². The Balaban J connectivity index is 1.85. The van der Waals surface area contributed by atoms with E-state index in [0.29, 0.717) is 11.1 Å². The summed E-state index contributed by atoms with van der Waals surface area (Å²) in [6, 6.07) is 10.4. The van der Waals surface area contributed by atoms with Gasteiger partial charge in [0.2, 0.25) is 5.82 Å². The van der Waals surface area contributed by atoms with Crippen molar-refractivity contribution in [1.82, 2.24) is 15.1 Å². The third-order valence-corrected chi connectivity index (χ3v) is 3.71. The Hall–Kier alpha value is -3.13. The van der Waals surface area contributed by atoms with Gasteiger partial charge in [-0.25, -0.2) is 9.37 Å². The molecule has 0 atom stereocenters. The summed E-state index contributed by atoms with van der Waals surface area (Å²) in [6.07, 6.45) is 0. The monoisotopic (exact) mass is 344 g/mol. The van der Waals surface area contributed by atoms with Crippen LogP contribution in [0.3, 0.4) is 0 Å². The van der Waals surface area contributed by atoms with Crippen molar-refractivity contribution in [2.75, 3.05) is 0 Å². The van der Waals surface area contributed by atoms with Crippen LogP contribution in [0.5, 0.6) is 0 Å². The van der Waals surface area contributed by atoms with E-state index in [4.69, 9.17) is 5.73 Å². The van der Waals surface area contributed by atoms with Crippen LogP contribution in [0.2, 0.25) is 0 Å². The molecule has 3 rings (SSSR count). The number of amides is 1. The molecule has 1 amide bonds. The molecule has 8 heteroatoms. The number of rotatable bonds is 4. The van der Waals surface area contributed by atoms with E-state index in [9.17, 15) is 18.5 Å². The van der Waals surface area contributed by atoms with Gasteiger partial charge in [-0.1, -0.05) is 22.7 Å². The summed E-state index contributed by atoms with van der Waals surface area (Å²) in [5, 5.41) is 2.53. The number of benzene rings is 2. The highest BCUT2D eigenvalue weighted by Gasteiger charge is 2.17. The Bertz CT molecular complexity index is 1020. The molecule has 0 radical (unpaired) electrons. The Labute approximate surface area is 140 Å². The van der Waals surface area contributed by atoms with Crippen molar-refractivity contribution in [3.8, 4) is 0 Å². The van der Waals surface area contributed by atoms with E-state index >= 15 is 0 Å². The van der Waals surface area contributed by atoms with Crippen LogP contribution in [0.4, 0.5) is 8.87 Å². The fraction of sp³-hybridized carbons (Fsp3) is 0.118. The van der Waals surface area contributed by atoms with E-state index in [0.717, 1.165) is 0 Å². The van der Waals surface area contributed by atoms with Crippen LogP contribution in [0.25, 0.3) is 10.9 Å². The molecule has 0 aliphatic rings. The Morgan fingerprint density at radius 3 is 2.76 bits per heavy atom. The molecule has 128 valence electrons. The second-order valence-electron chi connectivity index (χ2n) is 5.35. The number of nitrogens with zero attached hydrogens (tertiary/aromatic N) is 2. The first-order valence-corrected chi connectivity index (χ1v) is 7.44. The van der Waals surface area contributed by atoms with Crippen LogP contribution in [0.1, 0.15) is 21.7 Å². The summed E-state index contributed by atoms with van der Waals surface area (Å²) in [7, 11) is 0. The second-order valence-corrected chi connectivity index (χ2v) is 5.35. The molecule has 2 aromatic carbocycles. The molecule has 1 heterocycles. The highest BCUT2D eigenvalue weighted by molar-refractivity contribution is 5.92. The third kappa shape index (κ3) is 3.24. The third-order valence-electron chi connectivity index (χ3n) is 3.71. The quantitative estimate of drug-likeness (QED) is 0.753. The fourth-order valence-electron chi connectivity index (χ4n) is 2.41. The van der Waals surface area contributed by atoms with Crippen LogP contribution < -0.4 is 16.6 Å². The van der Waals surface area contributed by atoms with Crippen molar-refractivity contribution in [3.63, 3.8) is 0 Å². The number of para-hydroxylation sites is 1. The van der Waals surface area contributed by atoms with Crippen LogP contribution in [0, 0.1) is 5.82 Å². The number of nitrogens with two attached hydrogens (primary N) is 1. The van der Waals surface area contributed by atoms with Gasteiger partial charge in [-0.2, -0.15) is 0 Å². The molecule has 0 fully saturated rings. The van der Waals surface area contributed by atoms with Gasteiger partial charge in [-0.3, -0.25) is 9.59 Å². The lowest BCUT2D eigenvalue weighted by atomic mass is 10.1. The van der Waals surface area contributed by atoms with Gasteiger partial charge < -0.3 is 11.1 Å². The molecule has 0 spiro atoms. The molecular weight excluding hydrogens is 330 g/mol. The zero-order valence-corrected chi connectivity index (χ0v) is 13.0. The van der Waals surface area contributed by atoms with Crippen molar-refractivity contribution in [2.45, 2.75) is 13.1 Å². The molecule has 0 unspecified atom stereocenters. The molecule has 6 nitrogen and oxygen atoms in total. The first-order valence-electron chi connectivity index (χ1n) is 7.44. The molecule has 1 aromatic heterocycles. The molecular formula is C17H14F2N4O2. The van der Waals surface area contributed by atoms with Crippen molar-refractivity contribution in [2.24, 2.45) is 5.73 Å². The largest absolute Gasteiger partial charge is 0.345 e. The number of hydrogen-bond donors (Lipinski definition) is 2. The Kier molecular flexibility index (Phi) is 4.53. The van der Waals surface area contributed by atoms with Crippen molar-refractivity contribution in [3.05, 3.63) is 75.6 Å². The summed E-state index contributed by atoms with van der Waals surface area (Å²) >= 11 is 0. The molecule has 0 aliphatic carbocycles. The lowest BCUT2D eigenvalue weighted by molar-refractivity contribution is 0.0921. The van der Waals surface area contributed by atoms with E-state index < -0.39 is 23.1 Å². The molecule has 0 aliphatic heterocycles. The average molecular weight is 344 g/mol. The molecule has 0 saturated heterocycles. The lowest BCUT2D eigenvalue weighted by Gasteiger charge is -2.08. The number of carbonyl (C=O) groups is 1. The summed E-state index contributed by atoms with van der Waals surface area (Å²) in [4.78, 5) is 27.8. The normalized spacial score (nSPS) is 10.8. The molecule has 0 bridgehead atoms. The molecule has 0 saturated carbocycles.